The van der Waals surface area contributed by atoms with E-state index >= 15 is 0 Å². The van der Waals surface area contributed by atoms with Crippen LogP contribution in [-0.4, -0.2) is 25.6 Å². The minimum atomic E-state index is -0.561. The van der Waals surface area contributed by atoms with Crippen LogP contribution in [0.1, 0.15) is 16.8 Å². The number of benzene rings is 1. The first-order valence-electron chi connectivity index (χ1n) is 4.73. The Balaban J connectivity index is 2.60. The van der Waals surface area contributed by atoms with Gasteiger partial charge in [-0.1, -0.05) is 12.1 Å². The molecule has 0 saturated carbocycles. The third kappa shape index (κ3) is 3.27. The van der Waals surface area contributed by atoms with Crippen LogP contribution in [0.3, 0.4) is 0 Å². The molecule has 1 aromatic rings. The van der Waals surface area contributed by atoms with Crippen LogP contribution in [0.2, 0.25) is 0 Å². The smallest absolute Gasteiger partial charge is 0.308 e. The molecule has 0 aliphatic carbocycles. The van der Waals surface area contributed by atoms with Crippen molar-refractivity contribution in [2.75, 3.05) is 13.7 Å². The molecule has 0 aliphatic rings. The summed E-state index contributed by atoms with van der Waals surface area (Å²) in [4.78, 5) is 21.9. The topological polar surface area (TPSA) is 78.6 Å². The highest BCUT2D eigenvalue weighted by atomic mass is 16.5. The molecule has 2 N–H and O–H groups in total. The second-order valence-electron chi connectivity index (χ2n) is 3.04. The lowest BCUT2D eigenvalue weighted by molar-refractivity contribution is -0.141. The number of hydrogen-bond acceptors (Lipinski definition) is 4. The number of esters is 1. The molecule has 1 rings (SSSR count). The fourth-order valence-corrected chi connectivity index (χ4v) is 1.14. The van der Waals surface area contributed by atoms with Gasteiger partial charge >= 0.3 is 5.97 Å². The van der Waals surface area contributed by atoms with Crippen molar-refractivity contribution < 1.29 is 19.1 Å². The number of ether oxygens (including phenoxy) is 2. The van der Waals surface area contributed by atoms with Gasteiger partial charge in [-0.2, -0.15) is 0 Å². The molecular weight excluding hydrogens is 210 g/mol. The lowest BCUT2D eigenvalue weighted by atomic mass is 10.2. The largest absolute Gasteiger partial charge is 0.492 e. The summed E-state index contributed by atoms with van der Waals surface area (Å²) in [6.45, 7) is 0.150. The summed E-state index contributed by atoms with van der Waals surface area (Å²) in [5.74, 6) is -0.552. The zero-order chi connectivity index (χ0) is 12.0. The summed E-state index contributed by atoms with van der Waals surface area (Å²) < 4.78 is 9.72. The van der Waals surface area contributed by atoms with E-state index in [1.807, 2.05) is 0 Å². The van der Waals surface area contributed by atoms with Crippen LogP contribution in [-0.2, 0) is 9.53 Å². The molecule has 16 heavy (non-hydrogen) atoms. The molecule has 0 saturated heterocycles. The van der Waals surface area contributed by atoms with Gasteiger partial charge in [-0.15, -0.1) is 0 Å². The second kappa shape index (κ2) is 5.75. The van der Waals surface area contributed by atoms with Gasteiger partial charge in [0.05, 0.1) is 25.7 Å². The number of amides is 1. The minimum Gasteiger partial charge on any atom is -0.492 e. The number of carbonyl (C=O) groups is 2. The summed E-state index contributed by atoms with van der Waals surface area (Å²) in [7, 11) is 1.31. The summed E-state index contributed by atoms with van der Waals surface area (Å²) in [6, 6.07) is 6.60. The Morgan fingerprint density at radius 2 is 2.00 bits per heavy atom. The van der Waals surface area contributed by atoms with E-state index < -0.39 is 5.91 Å². The number of nitrogens with two attached hydrogens (primary N) is 1. The average molecular weight is 223 g/mol. The number of para-hydroxylation sites is 1. The Morgan fingerprint density at radius 3 is 2.62 bits per heavy atom. The number of rotatable bonds is 5. The molecule has 5 heteroatoms. The molecule has 0 bridgehead atoms. The van der Waals surface area contributed by atoms with Gasteiger partial charge in [-0.25, -0.2) is 0 Å². The van der Waals surface area contributed by atoms with Crippen molar-refractivity contribution in [2.24, 2.45) is 5.73 Å². The standard InChI is InChI=1S/C11H13NO4/c1-15-10(13)6-7-16-9-5-3-2-4-8(9)11(12)14/h2-5H,6-7H2,1H3,(H2,12,14). The highest BCUT2D eigenvalue weighted by molar-refractivity contribution is 5.95. The van der Waals surface area contributed by atoms with Crippen molar-refractivity contribution >= 4 is 11.9 Å². The zero-order valence-electron chi connectivity index (χ0n) is 8.93. The van der Waals surface area contributed by atoms with Gasteiger partial charge in [0.1, 0.15) is 5.75 Å². The Morgan fingerprint density at radius 1 is 1.31 bits per heavy atom. The Hall–Kier alpha value is -2.04. The van der Waals surface area contributed by atoms with Crippen LogP contribution < -0.4 is 10.5 Å². The molecule has 0 aromatic heterocycles. The predicted molar refractivity (Wildman–Crippen MR) is 57.1 cm³/mol. The van der Waals surface area contributed by atoms with E-state index in [-0.39, 0.29) is 19.0 Å². The molecule has 0 fully saturated rings. The quantitative estimate of drug-likeness (QED) is 0.746. The molecular formula is C11H13NO4. The van der Waals surface area contributed by atoms with E-state index in [4.69, 9.17) is 10.5 Å². The number of hydrogen-bond donors (Lipinski definition) is 1. The zero-order valence-corrected chi connectivity index (χ0v) is 8.93. The summed E-state index contributed by atoms with van der Waals surface area (Å²) >= 11 is 0. The number of carbonyl (C=O) groups excluding carboxylic acids is 2. The summed E-state index contributed by atoms with van der Waals surface area (Å²) in [5, 5.41) is 0. The predicted octanol–water partition coefficient (Wildman–Crippen LogP) is 0.727. The van der Waals surface area contributed by atoms with Gasteiger partial charge in [-0.05, 0) is 12.1 Å². The molecule has 1 amide bonds. The molecule has 0 radical (unpaired) electrons. The van der Waals surface area contributed by atoms with Crippen LogP contribution in [0.15, 0.2) is 24.3 Å². The third-order valence-electron chi connectivity index (χ3n) is 1.94. The number of primary amides is 1. The highest BCUT2D eigenvalue weighted by Gasteiger charge is 2.08. The highest BCUT2D eigenvalue weighted by Crippen LogP contribution is 2.17. The van der Waals surface area contributed by atoms with Gasteiger partial charge in [0.2, 0.25) is 0 Å². The first-order valence-corrected chi connectivity index (χ1v) is 4.73. The van der Waals surface area contributed by atoms with E-state index in [2.05, 4.69) is 4.74 Å². The molecule has 0 spiro atoms. The Labute approximate surface area is 93.1 Å². The Bertz CT molecular complexity index is 389. The SMILES string of the molecule is COC(=O)CCOc1ccccc1C(N)=O. The molecule has 0 atom stereocenters. The van der Waals surface area contributed by atoms with E-state index in [0.29, 0.717) is 11.3 Å². The molecule has 0 heterocycles. The fraction of sp³-hybridized carbons (Fsp3) is 0.273. The van der Waals surface area contributed by atoms with Gasteiger partial charge in [0.15, 0.2) is 0 Å². The second-order valence-corrected chi connectivity index (χ2v) is 3.04. The molecule has 86 valence electrons. The van der Waals surface area contributed by atoms with Crippen molar-refractivity contribution in [3.8, 4) is 5.75 Å². The van der Waals surface area contributed by atoms with Crippen LogP contribution in [0, 0.1) is 0 Å². The molecule has 5 nitrogen and oxygen atoms in total. The van der Waals surface area contributed by atoms with Crippen molar-refractivity contribution in [1.29, 1.82) is 0 Å². The van der Waals surface area contributed by atoms with Gasteiger partial charge in [0.25, 0.3) is 5.91 Å². The average Bonchev–Trinajstić information content (AvgIpc) is 2.29. The first-order chi connectivity index (χ1) is 7.65. The number of methoxy groups -OCH3 is 1. The van der Waals surface area contributed by atoms with Crippen LogP contribution in [0.4, 0.5) is 0 Å². The first kappa shape index (κ1) is 12.0. The van der Waals surface area contributed by atoms with Crippen molar-refractivity contribution in [1.82, 2.24) is 0 Å². The monoisotopic (exact) mass is 223 g/mol. The van der Waals surface area contributed by atoms with Crippen LogP contribution in [0.5, 0.6) is 5.75 Å². The Kier molecular flexibility index (Phi) is 4.32. The fourth-order valence-electron chi connectivity index (χ4n) is 1.14. The van der Waals surface area contributed by atoms with E-state index in [9.17, 15) is 9.59 Å². The van der Waals surface area contributed by atoms with Crippen LogP contribution in [0.25, 0.3) is 0 Å². The normalized spacial score (nSPS) is 9.56. The van der Waals surface area contributed by atoms with Crippen molar-refractivity contribution in [2.45, 2.75) is 6.42 Å². The van der Waals surface area contributed by atoms with E-state index in [1.54, 1.807) is 24.3 Å². The maximum absolute atomic E-state index is 11.0. The maximum Gasteiger partial charge on any atom is 0.308 e. The van der Waals surface area contributed by atoms with E-state index in [1.165, 1.54) is 7.11 Å². The van der Waals surface area contributed by atoms with E-state index in [0.717, 1.165) is 0 Å². The van der Waals surface area contributed by atoms with Gasteiger partial charge < -0.3 is 15.2 Å². The van der Waals surface area contributed by atoms with Gasteiger partial charge in [-0.3, -0.25) is 9.59 Å². The summed E-state index contributed by atoms with van der Waals surface area (Å²) in [6.07, 6.45) is 0.129. The maximum atomic E-state index is 11.0. The van der Waals surface area contributed by atoms with Crippen molar-refractivity contribution in [3.63, 3.8) is 0 Å². The van der Waals surface area contributed by atoms with Crippen molar-refractivity contribution in [3.05, 3.63) is 29.8 Å². The third-order valence-corrected chi connectivity index (χ3v) is 1.94. The lowest BCUT2D eigenvalue weighted by Gasteiger charge is -2.08. The molecule has 0 aliphatic heterocycles. The lowest BCUT2D eigenvalue weighted by Crippen LogP contribution is -2.14. The molecule has 1 aromatic carbocycles. The summed E-state index contributed by atoms with van der Waals surface area (Å²) in [5.41, 5.74) is 5.46. The van der Waals surface area contributed by atoms with Crippen LogP contribution >= 0.6 is 0 Å². The molecule has 0 unspecified atom stereocenters. The van der Waals surface area contributed by atoms with Gasteiger partial charge in [0, 0.05) is 0 Å². The minimum absolute atomic E-state index is 0.129.